The molecule has 3 rings (SSSR count). The van der Waals surface area contributed by atoms with E-state index in [0.717, 1.165) is 25.7 Å². The molecule has 1 aromatic carbocycles. The van der Waals surface area contributed by atoms with Crippen LogP contribution in [0.3, 0.4) is 0 Å². The van der Waals surface area contributed by atoms with Crippen LogP contribution in [0.25, 0.3) is 0 Å². The molecular formula is C24H31N3O6S. The van der Waals surface area contributed by atoms with Gasteiger partial charge < -0.3 is 24.8 Å². The summed E-state index contributed by atoms with van der Waals surface area (Å²) in [6.45, 7) is 2.30. The highest BCUT2D eigenvalue weighted by Crippen LogP contribution is 2.27. The molecule has 0 radical (unpaired) electrons. The van der Waals surface area contributed by atoms with E-state index < -0.39 is 0 Å². The quantitative estimate of drug-likeness (QED) is 0.466. The lowest BCUT2D eigenvalue weighted by atomic mass is 9.91. The van der Waals surface area contributed by atoms with Crippen molar-refractivity contribution in [3.63, 3.8) is 0 Å². The Labute approximate surface area is 203 Å². The Morgan fingerprint density at radius 1 is 1.03 bits per heavy atom. The number of nitrogens with one attached hydrogen (secondary N) is 2. The van der Waals surface area contributed by atoms with Crippen LogP contribution < -0.4 is 20.1 Å². The van der Waals surface area contributed by atoms with E-state index in [4.69, 9.17) is 14.2 Å². The smallest absolute Gasteiger partial charge is 0.306 e. The van der Waals surface area contributed by atoms with Crippen molar-refractivity contribution in [2.24, 2.45) is 0 Å². The van der Waals surface area contributed by atoms with Crippen molar-refractivity contribution in [2.45, 2.75) is 64.1 Å². The van der Waals surface area contributed by atoms with E-state index in [1.807, 2.05) is 24.3 Å². The number of hydrogen-bond acceptors (Lipinski definition) is 8. The summed E-state index contributed by atoms with van der Waals surface area (Å²) in [4.78, 5) is 40.4. The molecular weight excluding hydrogens is 458 g/mol. The number of carbonyl (C=O) groups excluding carboxylic acids is 3. The Kier molecular flexibility index (Phi) is 9.69. The zero-order chi connectivity index (χ0) is 24.3. The van der Waals surface area contributed by atoms with Gasteiger partial charge in [-0.15, -0.1) is 11.3 Å². The molecule has 0 atom stereocenters. The number of amides is 2. The van der Waals surface area contributed by atoms with Crippen molar-refractivity contribution in [1.82, 2.24) is 15.6 Å². The predicted octanol–water partition coefficient (Wildman–Crippen LogP) is 3.23. The van der Waals surface area contributed by atoms with E-state index in [-0.39, 0.29) is 49.3 Å². The Balaban J connectivity index is 1.38. The van der Waals surface area contributed by atoms with Crippen LogP contribution in [0, 0.1) is 0 Å². The first-order chi connectivity index (χ1) is 16.5. The monoisotopic (exact) mass is 489 g/mol. The van der Waals surface area contributed by atoms with Gasteiger partial charge in [0.15, 0.2) is 11.5 Å². The first kappa shape index (κ1) is 25.5. The molecule has 10 heteroatoms. The molecule has 0 aliphatic heterocycles. The van der Waals surface area contributed by atoms with Crippen molar-refractivity contribution in [3.8, 4) is 11.5 Å². The maximum atomic E-state index is 12.6. The molecule has 0 bridgehead atoms. The first-order valence-electron chi connectivity index (χ1n) is 11.4. The molecule has 1 aromatic heterocycles. The van der Waals surface area contributed by atoms with E-state index >= 15 is 0 Å². The molecule has 1 fully saturated rings. The van der Waals surface area contributed by atoms with Crippen molar-refractivity contribution >= 4 is 29.1 Å². The standard InChI is InChI=1S/C24H31N3O6S/c1-3-32-23(29)13-12-21(28)25-16-8-10-17(11-9-16)26-24(30)18-15-34-22(27-18)14-33-20-7-5-4-6-19(20)31-2/h4-7,15-17H,3,8-14H2,1-2H3,(H,25,28)(H,26,30). The van der Waals surface area contributed by atoms with Crippen LogP contribution in [0.4, 0.5) is 0 Å². The van der Waals surface area contributed by atoms with Crippen LogP contribution in [0.5, 0.6) is 11.5 Å². The molecule has 2 N–H and O–H groups in total. The number of nitrogens with zero attached hydrogens (tertiary/aromatic N) is 1. The summed E-state index contributed by atoms with van der Waals surface area (Å²) in [5.74, 6) is 0.548. The molecule has 1 aliphatic carbocycles. The lowest BCUT2D eigenvalue weighted by molar-refractivity contribution is -0.144. The molecule has 0 unspecified atom stereocenters. The summed E-state index contributed by atoms with van der Waals surface area (Å²) in [5.41, 5.74) is 0.373. The normalized spacial score (nSPS) is 17.5. The van der Waals surface area contributed by atoms with Gasteiger partial charge in [-0.05, 0) is 44.7 Å². The minimum atomic E-state index is -0.361. The number of hydrogen-bond donors (Lipinski definition) is 2. The van der Waals surface area contributed by atoms with Crippen molar-refractivity contribution in [2.75, 3.05) is 13.7 Å². The largest absolute Gasteiger partial charge is 0.493 e. The van der Waals surface area contributed by atoms with E-state index in [1.165, 1.54) is 11.3 Å². The number of rotatable bonds is 11. The lowest BCUT2D eigenvalue weighted by Crippen LogP contribution is -2.43. The fourth-order valence-electron chi connectivity index (χ4n) is 3.75. The second-order valence-corrected chi connectivity index (χ2v) is 8.90. The molecule has 2 amide bonds. The third-order valence-electron chi connectivity index (χ3n) is 5.49. The summed E-state index contributed by atoms with van der Waals surface area (Å²) < 4.78 is 15.9. The van der Waals surface area contributed by atoms with Crippen LogP contribution in [-0.4, -0.2) is 48.6 Å². The summed E-state index contributed by atoms with van der Waals surface area (Å²) in [6, 6.07) is 7.46. The molecule has 1 heterocycles. The highest BCUT2D eigenvalue weighted by molar-refractivity contribution is 7.09. The van der Waals surface area contributed by atoms with Crippen LogP contribution >= 0.6 is 11.3 Å². The zero-order valence-electron chi connectivity index (χ0n) is 19.5. The molecule has 0 spiro atoms. The number of carbonyl (C=O) groups is 3. The van der Waals surface area contributed by atoms with E-state index in [1.54, 1.807) is 19.4 Å². The van der Waals surface area contributed by atoms with E-state index in [0.29, 0.717) is 28.8 Å². The third-order valence-corrected chi connectivity index (χ3v) is 6.32. The molecule has 34 heavy (non-hydrogen) atoms. The number of thiazole rings is 1. The number of benzene rings is 1. The summed E-state index contributed by atoms with van der Waals surface area (Å²) in [7, 11) is 1.58. The molecule has 1 saturated carbocycles. The number of methoxy groups -OCH3 is 1. The van der Waals surface area contributed by atoms with Crippen LogP contribution in [0.1, 0.15) is 60.9 Å². The number of esters is 1. The van der Waals surface area contributed by atoms with Gasteiger partial charge in [-0.2, -0.15) is 0 Å². The first-order valence-corrected chi connectivity index (χ1v) is 12.3. The van der Waals surface area contributed by atoms with Gasteiger partial charge in [-0.1, -0.05) is 12.1 Å². The van der Waals surface area contributed by atoms with Gasteiger partial charge in [-0.25, -0.2) is 4.98 Å². The van der Waals surface area contributed by atoms with Gasteiger partial charge in [0.25, 0.3) is 5.91 Å². The third kappa shape index (κ3) is 7.72. The average Bonchev–Trinajstić information content (AvgIpc) is 3.32. The number of aromatic nitrogens is 1. The minimum absolute atomic E-state index is 0.0372. The van der Waals surface area contributed by atoms with Gasteiger partial charge in [0.2, 0.25) is 5.91 Å². The number of para-hydroxylation sites is 2. The van der Waals surface area contributed by atoms with E-state index in [9.17, 15) is 14.4 Å². The topological polar surface area (TPSA) is 116 Å². The van der Waals surface area contributed by atoms with Gasteiger partial charge in [0.1, 0.15) is 17.3 Å². The van der Waals surface area contributed by atoms with Gasteiger partial charge >= 0.3 is 5.97 Å². The van der Waals surface area contributed by atoms with Crippen molar-refractivity contribution in [3.05, 3.63) is 40.3 Å². The SMILES string of the molecule is CCOC(=O)CCC(=O)NC1CCC(NC(=O)c2csc(COc3ccccc3OC)n2)CC1. The van der Waals surface area contributed by atoms with Crippen molar-refractivity contribution < 1.29 is 28.6 Å². The summed E-state index contributed by atoms with van der Waals surface area (Å²) >= 11 is 1.37. The van der Waals surface area contributed by atoms with Gasteiger partial charge in [0, 0.05) is 23.9 Å². The maximum Gasteiger partial charge on any atom is 0.306 e. The Hall–Kier alpha value is -3.14. The minimum Gasteiger partial charge on any atom is -0.493 e. The maximum absolute atomic E-state index is 12.6. The number of ether oxygens (including phenoxy) is 3. The van der Waals surface area contributed by atoms with E-state index in [2.05, 4.69) is 15.6 Å². The second kappa shape index (κ2) is 12.9. The highest BCUT2D eigenvalue weighted by Gasteiger charge is 2.25. The Morgan fingerprint density at radius 2 is 1.71 bits per heavy atom. The van der Waals surface area contributed by atoms with Crippen LogP contribution in [0.2, 0.25) is 0 Å². The molecule has 0 saturated heterocycles. The second-order valence-electron chi connectivity index (χ2n) is 7.96. The van der Waals surface area contributed by atoms with Crippen LogP contribution in [0.15, 0.2) is 29.6 Å². The Bertz CT molecular complexity index is 971. The molecule has 9 nitrogen and oxygen atoms in total. The average molecular weight is 490 g/mol. The zero-order valence-corrected chi connectivity index (χ0v) is 20.3. The predicted molar refractivity (Wildman–Crippen MR) is 127 cm³/mol. The molecule has 1 aliphatic rings. The summed E-state index contributed by atoms with van der Waals surface area (Å²) in [6.07, 6.45) is 3.29. The van der Waals surface area contributed by atoms with Crippen LogP contribution in [-0.2, 0) is 20.9 Å². The molecule has 184 valence electrons. The highest BCUT2D eigenvalue weighted by atomic mass is 32.1. The summed E-state index contributed by atoms with van der Waals surface area (Å²) in [5, 5.41) is 8.43. The molecule has 2 aromatic rings. The van der Waals surface area contributed by atoms with Crippen molar-refractivity contribution in [1.29, 1.82) is 0 Å². The van der Waals surface area contributed by atoms with Gasteiger partial charge in [-0.3, -0.25) is 14.4 Å². The Morgan fingerprint density at radius 3 is 2.38 bits per heavy atom. The lowest BCUT2D eigenvalue weighted by Gasteiger charge is -2.29. The fourth-order valence-corrected chi connectivity index (χ4v) is 4.43. The van der Waals surface area contributed by atoms with Gasteiger partial charge in [0.05, 0.1) is 20.1 Å². The fraction of sp³-hybridized carbons (Fsp3) is 0.500.